The third kappa shape index (κ3) is 4.17. The number of aryl methyl sites for hydroxylation is 1. The molecule has 0 unspecified atom stereocenters. The minimum Gasteiger partial charge on any atom is -0.496 e. The van der Waals surface area contributed by atoms with Crippen molar-refractivity contribution in [2.75, 3.05) is 20.7 Å². The second kappa shape index (κ2) is 8.43. The lowest BCUT2D eigenvalue weighted by atomic mass is 10.1. The maximum absolute atomic E-state index is 5.46. The molecule has 0 saturated heterocycles. The van der Waals surface area contributed by atoms with E-state index in [0.717, 1.165) is 30.2 Å². The summed E-state index contributed by atoms with van der Waals surface area (Å²) in [6.07, 6.45) is 3.01. The molecule has 5 heteroatoms. The lowest BCUT2D eigenvalue weighted by molar-refractivity contribution is 0.408. The van der Waals surface area contributed by atoms with Gasteiger partial charge in [-0.05, 0) is 36.6 Å². The SMILES string of the molecule is CN=C(NCCc1c[nH]c2ccccc12)NCc1ccc(C)cc1OC. The predicted molar refractivity (Wildman–Crippen MR) is 108 cm³/mol. The Labute approximate surface area is 154 Å². The lowest BCUT2D eigenvalue weighted by Gasteiger charge is -2.14. The third-order valence-electron chi connectivity index (χ3n) is 4.47. The number of hydrogen-bond donors (Lipinski definition) is 3. The first-order valence-electron chi connectivity index (χ1n) is 8.84. The molecule has 0 spiro atoms. The Morgan fingerprint density at radius 1 is 1.12 bits per heavy atom. The van der Waals surface area contributed by atoms with Crippen LogP contribution in [0.3, 0.4) is 0 Å². The van der Waals surface area contributed by atoms with Gasteiger partial charge in [0.25, 0.3) is 0 Å². The molecule has 5 nitrogen and oxygen atoms in total. The van der Waals surface area contributed by atoms with E-state index in [9.17, 15) is 0 Å². The Bertz CT molecular complexity index is 898. The van der Waals surface area contributed by atoms with Gasteiger partial charge in [0.2, 0.25) is 0 Å². The largest absolute Gasteiger partial charge is 0.496 e. The molecule has 2 aromatic carbocycles. The molecule has 0 aliphatic heterocycles. The van der Waals surface area contributed by atoms with Crippen molar-refractivity contribution in [1.82, 2.24) is 15.6 Å². The zero-order chi connectivity index (χ0) is 18.4. The van der Waals surface area contributed by atoms with Crippen LogP contribution in [0.1, 0.15) is 16.7 Å². The van der Waals surface area contributed by atoms with Crippen LogP contribution in [-0.2, 0) is 13.0 Å². The van der Waals surface area contributed by atoms with Gasteiger partial charge in [-0.15, -0.1) is 0 Å². The first kappa shape index (κ1) is 17.9. The van der Waals surface area contributed by atoms with Gasteiger partial charge < -0.3 is 20.4 Å². The molecule has 1 aromatic heterocycles. The monoisotopic (exact) mass is 350 g/mol. The first-order chi connectivity index (χ1) is 12.7. The van der Waals surface area contributed by atoms with Crippen molar-refractivity contribution in [3.8, 4) is 5.75 Å². The van der Waals surface area contributed by atoms with E-state index in [4.69, 9.17) is 4.74 Å². The van der Waals surface area contributed by atoms with Gasteiger partial charge in [-0.2, -0.15) is 0 Å². The highest BCUT2D eigenvalue weighted by molar-refractivity contribution is 5.83. The molecule has 0 atom stereocenters. The van der Waals surface area contributed by atoms with Gasteiger partial charge in [-0.3, -0.25) is 4.99 Å². The van der Waals surface area contributed by atoms with Crippen molar-refractivity contribution < 1.29 is 4.74 Å². The summed E-state index contributed by atoms with van der Waals surface area (Å²) in [4.78, 5) is 7.62. The topological polar surface area (TPSA) is 61.4 Å². The molecule has 0 aliphatic rings. The van der Waals surface area contributed by atoms with Crippen molar-refractivity contribution in [2.45, 2.75) is 19.9 Å². The average molecular weight is 350 g/mol. The molecule has 1 heterocycles. The second-order valence-electron chi connectivity index (χ2n) is 6.28. The summed E-state index contributed by atoms with van der Waals surface area (Å²) in [5.41, 5.74) is 4.78. The van der Waals surface area contributed by atoms with Crippen molar-refractivity contribution in [1.29, 1.82) is 0 Å². The Hall–Kier alpha value is -2.95. The van der Waals surface area contributed by atoms with Crippen molar-refractivity contribution in [3.63, 3.8) is 0 Å². The lowest BCUT2D eigenvalue weighted by Crippen LogP contribution is -2.37. The number of benzene rings is 2. The van der Waals surface area contributed by atoms with Crippen LogP contribution in [0.25, 0.3) is 10.9 Å². The number of para-hydroxylation sites is 1. The quantitative estimate of drug-likeness (QED) is 0.472. The molecular weight excluding hydrogens is 324 g/mol. The molecule has 0 aliphatic carbocycles. The van der Waals surface area contributed by atoms with E-state index in [1.165, 1.54) is 22.0 Å². The normalized spacial score (nSPS) is 11.6. The molecule has 3 rings (SSSR count). The molecule has 136 valence electrons. The van der Waals surface area contributed by atoms with Gasteiger partial charge in [-0.25, -0.2) is 0 Å². The third-order valence-corrected chi connectivity index (χ3v) is 4.47. The molecule has 0 fully saturated rings. The molecular formula is C21H26N4O. The van der Waals surface area contributed by atoms with Crippen molar-refractivity contribution >= 4 is 16.9 Å². The van der Waals surface area contributed by atoms with E-state index in [1.807, 2.05) is 12.1 Å². The average Bonchev–Trinajstić information content (AvgIpc) is 3.08. The summed E-state index contributed by atoms with van der Waals surface area (Å²) in [6.45, 7) is 3.54. The fourth-order valence-electron chi connectivity index (χ4n) is 3.05. The van der Waals surface area contributed by atoms with Gasteiger partial charge in [0.15, 0.2) is 5.96 Å². The van der Waals surface area contributed by atoms with Crippen LogP contribution in [0.2, 0.25) is 0 Å². The number of rotatable bonds is 6. The van der Waals surface area contributed by atoms with Crippen LogP contribution in [0.5, 0.6) is 5.75 Å². The van der Waals surface area contributed by atoms with E-state index in [1.54, 1.807) is 14.2 Å². The minimum atomic E-state index is 0.663. The molecule has 0 saturated carbocycles. The van der Waals surface area contributed by atoms with Crippen LogP contribution in [0.4, 0.5) is 0 Å². The number of nitrogens with zero attached hydrogens (tertiary/aromatic N) is 1. The van der Waals surface area contributed by atoms with Crippen LogP contribution in [0, 0.1) is 6.92 Å². The Kier molecular flexibility index (Phi) is 5.79. The molecule has 26 heavy (non-hydrogen) atoms. The fourth-order valence-corrected chi connectivity index (χ4v) is 3.05. The number of aromatic nitrogens is 1. The zero-order valence-electron chi connectivity index (χ0n) is 15.6. The number of hydrogen-bond acceptors (Lipinski definition) is 2. The van der Waals surface area contributed by atoms with Gasteiger partial charge >= 0.3 is 0 Å². The van der Waals surface area contributed by atoms with Gasteiger partial charge in [0.1, 0.15) is 5.75 Å². The maximum atomic E-state index is 5.46. The zero-order valence-corrected chi connectivity index (χ0v) is 15.6. The van der Waals surface area contributed by atoms with Gasteiger partial charge in [0.05, 0.1) is 7.11 Å². The van der Waals surface area contributed by atoms with Crippen LogP contribution in [-0.4, -0.2) is 31.6 Å². The van der Waals surface area contributed by atoms with Gasteiger partial charge in [0, 0.05) is 42.8 Å². The summed E-state index contributed by atoms with van der Waals surface area (Å²) in [5, 5.41) is 8.00. The Morgan fingerprint density at radius 3 is 2.77 bits per heavy atom. The molecule has 0 amide bonds. The van der Waals surface area contributed by atoms with Crippen LogP contribution in [0.15, 0.2) is 53.7 Å². The van der Waals surface area contributed by atoms with Crippen LogP contribution >= 0.6 is 0 Å². The maximum Gasteiger partial charge on any atom is 0.191 e. The molecule has 3 N–H and O–H groups in total. The summed E-state index contributed by atoms with van der Waals surface area (Å²) in [5.74, 6) is 1.68. The standard InChI is InChI=1S/C21H26N4O/c1-15-8-9-17(20(12-15)26-3)14-25-21(22-2)23-11-10-16-13-24-19-7-5-4-6-18(16)19/h4-9,12-13,24H,10-11,14H2,1-3H3,(H2,22,23,25). The smallest absolute Gasteiger partial charge is 0.191 e. The van der Waals surface area contributed by atoms with Crippen molar-refractivity contribution in [2.24, 2.45) is 4.99 Å². The van der Waals surface area contributed by atoms with Gasteiger partial charge in [-0.1, -0.05) is 30.3 Å². The predicted octanol–water partition coefficient (Wildman–Crippen LogP) is 3.39. The number of ether oxygens (including phenoxy) is 1. The summed E-state index contributed by atoms with van der Waals surface area (Å²) >= 11 is 0. The molecule has 0 bridgehead atoms. The molecule has 3 aromatic rings. The summed E-state index contributed by atoms with van der Waals surface area (Å²) < 4.78 is 5.46. The number of methoxy groups -OCH3 is 1. The number of aliphatic imine (C=N–C) groups is 1. The first-order valence-corrected chi connectivity index (χ1v) is 8.84. The number of nitrogens with one attached hydrogen (secondary N) is 3. The Balaban J connectivity index is 1.54. The highest BCUT2D eigenvalue weighted by Crippen LogP contribution is 2.19. The minimum absolute atomic E-state index is 0.663. The summed E-state index contributed by atoms with van der Waals surface area (Å²) in [6, 6.07) is 14.6. The van der Waals surface area contributed by atoms with Crippen molar-refractivity contribution in [3.05, 3.63) is 65.4 Å². The highest BCUT2D eigenvalue weighted by atomic mass is 16.5. The van der Waals surface area contributed by atoms with E-state index in [0.29, 0.717) is 6.54 Å². The number of H-pyrrole nitrogens is 1. The van der Waals surface area contributed by atoms with Crippen LogP contribution < -0.4 is 15.4 Å². The highest BCUT2D eigenvalue weighted by Gasteiger charge is 2.06. The van der Waals surface area contributed by atoms with E-state index in [2.05, 4.69) is 64.1 Å². The number of aromatic amines is 1. The molecule has 0 radical (unpaired) electrons. The van der Waals surface area contributed by atoms with E-state index in [-0.39, 0.29) is 0 Å². The fraction of sp³-hybridized carbons (Fsp3) is 0.286. The summed E-state index contributed by atoms with van der Waals surface area (Å²) in [7, 11) is 3.49. The second-order valence-corrected chi connectivity index (χ2v) is 6.28. The van der Waals surface area contributed by atoms with E-state index >= 15 is 0 Å². The Morgan fingerprint density at radius 2 is 1.96 bits per heavy atom. The van der Waals surface area contributed by atoms with E-state index < -0.39 is 0 Å². The number of fused-ring (bicyclic) bond motifs is 1. The number of guanidine groups is 1.